The van der Waals surface area contributed by atoms with E-state index in [1.165, 1.54) is 19.2 Å². The van der Waals surface area contributed by atoms with Gasteiger partial charge in [-0.3, -0.25) is 0 Å². The van der Waals surface area contributed by atoms with E-state index >= 15 is 0 Å². The number of ether oxygens (including phenoxy) is 4. The summed E-state index contributed by atoms with van der Waals surface area (Å²) in [6, 6.07) is 18.5. The molecule has 0 N–H and O–H groups in total. The van der Waals surface area contributed by atoms with Crippen molar-refractivity contribution in [3.8, 4) is 17.2 Å². The SMILES string of the molecule is CCOc1ccc(C2=N/C(=C\c3ccc(OCc4ccc(F)cc4)c(OC)c3)C(=O)O2)cc1. The van der Waals surface area contributed by atoms with Crippen LogP contribution in [0.25, 0.3) is 6.08 Å². The van der Waals surface area contributed by atoms with Crippen molar-refractivity contribution in [2.75, 3.05) is 13.7 Å². The fourth-order valence-electron chi connectivity index (χ4n) is 3.19. The highest BCUT2D eigenvalue weighted by Gasteiger charge is 2.24. The minimum atomic E-state index is -0.533. The standard InChI is InChI=1S/C26H22FNO5/c1-3-31-21-11-7-19(8-12-21)25-28-22(26(29)33-25)14-18-6-13-23(24(15-18)30-2)32-16-17-4-9-20(27)10-5-17/h4-15H,3,16H2,1-2H3/b22-14-. The summed E-state index contributed by atoms with van der Waals surface area (Å²) in [6.07, 6.45) is 1.62. The Morgan fingerprint density at radius 2 is 1.73 bits per heavy atom. The molecule has 1 aliphatic heterocycles. The van der Waals surface area contributed by atoms with Crippen LogP contribution in [0.1, 0.15) is 23.6 Å². The van der Waals surface area contributed by atoms with Crippen LogP contribution in [-0.4, -0.2) is 25.6 Å². The molecule has 0 aliphatic carbocycles. The minimum Gasteiger partial charge on any atom is -0.494 e. The van der Waals surface area contributed by atoms with Crippen molar-refractivity contribution < 1.29 is 28.1 Å². The van der Waals surface area contributed by atoms with Gasteiger partial charge in [0, 0.05) is 5.56 Å². The van der Waals surface area contributed by atoms with Gasteiger partial charge in [-0.25, -0.2) is 14.2 Å². The molecule has 7 heteroatoms. The van der Waals surface area contributed by atoms with Crippen molar-refractivity contribution in [3.05, 3.63) is 94.9 Å². The number of halogens is 1. The molecule has 0 aromatic heterocycles. The van der Waals surface area contributed by atoms with Crippen LogP contribution in [0.3, 0.4) is 0 Å². The summed E-state index contributed by atoms with van der Waals surface area (Å²) in [6.45, 7) is 2.74. The van der Waals surface area contributed by atoms with Gasteiger partial charge in [0.05, 0.1) is 13.7 Å². The van der Waals surface area contributed by atoms with Crippen molar-refractivity contribution >= 4 is 17.9 Å². The topological polar surface area (TPSA) is 66.3 Å². The first-order valence-electron chi connectivity index (χ1n) is 10.4. The van der Waals surface area contributed by atoms with Gasteiger partial charge in [-0.1, -0.05) is 18.2 Å². The molecule has 4 rings (SSSR count). The number of carbonyl (C=O) groups is 1. The highest BCUT2D eigenvalue weighted by molar-refractivity contribution is 6.12. The summed E-state index contributed by atoms with van der Waals surface area (Å²) >= 11 is 0. The van der Waals surface area contributed by atoms with E-state index in [4.69, 9.17) is 18.9 Å². The number of cyclic esters (lactones) is 1. The van der Waals surface area contributed by atoms with Crippen LogP contribution in [0.4, 0.5) is 4.39 Å². The van der Waals surface area contributed by atoms with Gasteiger partial charge in [0.1, 0.15) is 18.2 Å². The van der Waals surface area contributed by atoms with Crippen molar-refractivity contribution in [1.82, 2.24) is 0 Å². The van der Waals surface area contributed by atoms with Crippen molar-refractivity contribution in [2.24, 2.45) is 4.99 Å². The lowest BCUT2D eigenvalue weighted by atomic mass is 10.1. The Kier molecular flexibility index (Phi) is 6.69. The second-order valence-corrected chi connectivity index (χ2v) is 7.12. The lowest BCUT2D eigenvalue weighted by molar-refractivity contribution is -0.129. The van der Waals surface area contributed by atoms with Crippen LogP contribution < -0.4 is 14.2 Å². The maximum absolute atomic E-state index is 13.1. The molecule has 33 heavy (non-hydrogen) atoms. The molecule has 1 heterocycles. The molecule has 3 aromatic rings. The zero-order valence-corrected chi connectivity index (χ0v) is 18.2. The minimum absolute atomic E-state index is 0.181. The number of rotatable bonds is 8. The Labute approximate surface area is 190 Å². The molecule has 3 aromatic carbocycles. The average Bonchev–Trinajstić information content (AvgIpc) is 3.20. The van der Waals surface area contributed by atoms with E-state index in [2.05, 4.69) is 4.99 Å². The zero-order valence-electron chi connectivity index (χ0n) is 18.2. The molecule has 1 aliphatic rings. The Morgan fingerprint density at radius 3 is 2.42 bits per heavy atom. The second-order valence-electron chi connectivity index (χ2n) is 7.12. The van der Waals surface area contributed by atoms with E-state index < -0.39 is 5.97 Å². The van der Waals surface area contributed by atoms with Crippen molar-refractivity contribution in [2.45, 2.75) is 13.5 Å². The van der Waals surface area contributed by atoms with Gasteiger partial charge >= 0.3 is 5.97 Å². The average molecular weight is 447 g/mol. The molecular formula is C26H22FNO5. The van der Waals surface area contributed by atoms with E-state index in [9.17, 15) is 9.18 Å². The molecule has 0 saturated heterocycles. The third-order valence-corrected chi connectivity index (χ3v) is 4.83. The first-order chi connectivity index (χ1) is 16.1. The second kappa shape index (κ2) is 9.99. The van der Waals surface area contributed by atoms with Gasteiger partial charge < -0.3 is 18.9 Å². The smallest absolute Gasteiger partial charge is 0.363 e. The number of esters is 1. The first kappa shape index (κ1) is 22.1. The molecular weight excluding hydrogens is 425 g/mol. The summed E-state index contributed by atoms with van der Waals surface area (Å²) < 4.78 is 35.0. The third-order valence-electron chi connectivity index (χ3n) is 4.83. The van der Waals surface area contributed by atoms with E-state index in [0.717, 1.165) is 11.3 Å². The van der Waals surface area contributed by atoms with E-state index in [1.54, 1.807) is 60.7 Å². The van der Waals surface area contributed by atoms with Gasteiger partial charge in [-0.2, -0.15) is 0 Å². The molecule has 0 bridgehead atoms. The summed E-state index contributed by atoms with van der Waals surface area (Å²) in [4.78, 5) is 16.7. The molecule has 0 unspecified atom stereocenters. The summed E-state index contributed by atoms with van der Waals surface area (Å²) in [5.41, 5.74) is 2.39. The van der Waals surface area contributed by atoms with E-state index in [1.807, 2.05) is 6.92 Å². The van der Waals surface area contributed by atoms with Crippen LogP contribution in [0.2, 0.25) is 0 Å². The predicted octanol–water partition coefficient (Wildman–Crippen LogP) is 5.16. The molecule has 0 fully saturated rings. The van der Waals surface area contributed by atoms with Crippen LogP contribution in [-0.2, 0) is 16.1 Å². The van der Waals surface area contributed by atoms with Crippen LogP contribution in [0.5, 0.6) is 17.2 Å². The maximum atomic E-state index is 13.1. The fraction of sp³-hybridized carbons (Fsp3) is 0.154. The van der Waals surface area contributed by atoms with Gasteiger partial charge in [-0.15, -0.1) is 0 Å². The largest absolute Gasteiger partial charge is 0.494 e. The normalized spacial score (nSPS) is 14.1. The van der Waals surface area contributed by atoms with Gasteiger partial charge in [0.15, 0.2) is 17.2 Å². The van der Waals surface area contributed by atoms with Gasteiger partial charge in [-0.05, 0) is 72.7 Å². The van der Waals surface area contributed by atoms with Gasteiger partial charge in [0.2, 0.25) is 5.90 Å². The van der Waals surface area contributed by atoms with Crippen molar-refractivity contribution in [3.63, 3.8) is 0 Å². The van der Waals surface area contributed by atoms with E-state index in [-0.39, 0.29) is 24.0 Å². The lowest BCUT2D eigenvalue weighted by Gasteiger charge is -2.11. The number of hydrogen-bond donors (Lipinski definition) is 0. The molecule has 0 radical (unpaired) electrons. The summed E-state index contributed by atoms with van der Waals surface area (Å²) in [5.74, 6) is 1.16. The highest BCUT2D eigenvalue weighted by Crippen LogP contribution is 2.30. The first-order valence-corrected chi connectivity index (χ1v) is 10.4. The predicted molar refractivity (Wildman–Crippen MR) is 122 cm³/mol. The Balaban J connectivity index is 1.50. The van der Waals surface area contributed by atoms with Crippen LogP contribution in [0.15, 0.2) is 77.4 Å². The summed E-state index contributed by atoms with van der Waals surface area (Å²) in [5, 5.41) is 0. The molecule has 0 spiro atoms. The number of nitrogens with zero attached hydrogens (tertiary/aromatic N) is 1. The Bertz CT molecular complexity index is 1200. The molecule has 6 nitrogen and oxygen atoms in total. The molecule has 168 valence electrons. The number of methoxy groups -OCH3 is 1. The molecule has 0 atom stereocenters. The number of benzene rings is 3. The highest BCUT2D eigenvalue weighted by atomic mass is 19.1. The Hall–Kier alpha value is -4.13. The molecule has 0 amide bonds. The number of aliphatic imine (C=N–C) groups is 1. The lowest BCUT2D eigenvalue weighted by Crippen LogP contribution is -2.05. The number of hydrogen-bond acceptors (Lipinski definition) is 6. The quantitative estimate of drug-likeness (QED) is 0.353. The van der Waals surface area contributed by atoms with Crippen molar-refractivity contribution in [1.29, 1.82) is 0 Å². The van der Waals surface area contributed by atoms with Crippen LogP contribution in [0, 0.1) is 5.82 Å². The molecule has 0 saturated carbocycles. The van der Waals surface area contributed by atoms with Crippen LogP contribution >= 0.6 is 0 Å². The summed E-state index contributed by atoms with van der Waals surface area (Å²) in [7, 11) is 1.53. The fourth-order valence-corrected chi connectivity index (χ4v) is 3.19. The number of carbonyl (C=O) groups excluding carboxylic acids is 1. The zero-order chi connectivity index (χ0) is 23.2. The third kappa shape index (κ3) is 5.38. The monoisotopic (exact) mass is 447 g/mol. The Morgan fingerprint density at radius 1 is 0.970 bits per heavy atom. The maximum Gasteiger partial charge on any atom is 0.363 e. The van der Waals surface area contributed by atoms with E-state index in [0.29, 0.717) is 29.2 Å². The van der Waals surface area contributed by atoms with Gasteiger partial charge in [0.25, 0.3) is 0 Å².